The van der Waals surface area contributed by atoms with E-state index in [-0.39, 0.29) is 17.1 Å². The van der Waals surface area contributed by atoms with Crippen LogP contribution in [0.4, 0.5) is 20.2 Å². The smallest absolute Gasteiger partial charge is 0.311 e. The van der Waals surface area contributed by atoms with Gasteiger partial charge >= 0.3 is 5.69 Å². The lowest BCUT2D eigenvalue weighted by molar-refractivity contribution is -0.386. The Balaban J connectivity index is 2.13. The Labute approximate surface area is 136 Å². The number of hydrogen-bond donors (Lipinski definition) is 1. The standard InChI is InChI=1S/C16H14F2N2O4/c1-9-3-6-15(14(7-9)20(22)23)24-10(2)16(21)19-13-5-4-11(17)8-12(13)18/h3-8,10H,1-2H3,(H,19,21)/t10-/m0/s1. The van der Waals surface area contributed by atoms with Gasteiger partial charge in [-0.3, -0.25) is 14.9 Å². The summed E-state index contributed by atoms with van der Waals surface area (Å²) in [5, 5.41) is 13.3. The highest BCUT2D eigenvalue weighted by atomic mass is 19.1. The van der Waals surface area contributed by atoms with Gasteiger partial charge in [-0.15, -0.1) is 0 Å². The fraction of sp³-hybridized carbons (Fsp3) is 0.188. The average Bonchev–Trinajstić information content (AvgIpc) is 2.51. The number of aryl methyl sites for hydroxylation is 1. The SMILES string of the molecule is Cc1ccc(O[C@@H](C)C(=O)Nc2ccc(F)cc2F)c([N+](=O)[O-])c1. The van der Waals surface area contributed by atoms with E-state index in [4.69, 9.17) is 4.74 Å². The number of carbonyl (C=O) groups is 1. The van der Waals surface area contributed by atoms with Crippen molar-refractivity contribution in [1.82, 2.24) is 0 Å². The van der Waals surface area contributed by atoms with Gasteiger partial charge in [-0.05, 0) is 37.6 Å². The number of hydrogen-bond acceptors (Lipinski definition) is 4. The van der Waals surface area contributed by atoms with Crippen LogP contribution in [-0.2, 0) is 4.79 Å². The van der Waals surface area contributed by atoms with Crippen molar-refractivity contribution >= 4 is 17.3 Å². The Kier molecular flexibility index (Phi) is 5.08. The van der Waals surface area contributed by atoms with Crippen LogP contribution in [0.25, 0.3) is 0 Å². The number of anilines is 1. The van der Waals surface area contributed by atoms with Gasteiger partial charge in [0.1, 0.15) is 11.6 Å². The minimum atomic E-state index is -1.13. The summed E-state index contributed by atoms with van der Waals surface area (Å²) in [5.41, 5.74) is 0.178. The Morgan fingerprint density at radius 3 is 2.58 bits per heavy atom. The fourth-order valence-electron chi connectivity index (χ4n) is 1.94. The molecule has 0 aromatic heterocycles. The molecule has 0 aliphatic rings. The van der Waals surface area contributed by atoms with Gasteiger partial charge in [0.15, 0.2) is 11.9 Å². The zero-order chi connectivity index (χ0) is 17.9. The Morgan fingerprint density at radius 1 is 1.25 bits per heavy atom. The summed E-state index contributed by atoms with van der Waals surface area (Å²) in [4.78, 5) is 22.5. The highest BCUT2D eigenvalue weighted by Crippen LogP contribution is 2.28. The summed E-state index contributed by atoms with van der Waals surface area (Å²) in [6, 6.07) is 7.01. The van der Waals surface area contributed by atoms with Gasteiger partial charge < -0.3 is 10.1 Å². The van der Waals surface area contributed by atoms with Crippen LogP contribution in [0.3, 0.4) is 0 Å². The van der Waals surface area contributed by atoms with Crippen LogP contribution >= 0.6 is 0 Å². The van der Waals surface area contributed by atoms with Crippen molar-refractivity contribution in [3.05, 3.63) is 63.7 Å². The summed E-state index contributed by atoms with van der Waals surface area (Å²) in [5.74, 6) is -2.51. The third-order valence-corrected chi connectivity index (χ3v) is 3.17. The first-order chi connectivity index (χ1) is 11.3. The van der Waals surface area contributed by atoms with Gasteiger partial charge in [0, 0.05) is 12.1 Å². The molecule has 0 unspecified atom stereocenters. The lowest BCUT2D eigenvalue weighted by Crippen LogP contribution is -2.30. The molecule has 2 rings (SSSR count). The molecule has 0 aliphatic carbocycles. The highest BCUT2D eigenvalue weighted by Gasteiger charge is 2.22. The summed E-state index contributed by atoms with van der Waals surface area (Å²) in [7, 11) is 0. The number of nitrogens with zero attached hydrogens (tertiary/aromatic N) is 1. The molecule has 0 saturated heterocycles. The number of nitrogens with one attached hydrogen (secondary N) is 1. The molecule has 0 radical (unpaired) electrons. The Hall–Kier alpha value is -3.03. The lowest BCUT2D eigenvalue weighted by Gasteiger charge is -2.15. The second-order valence-electron chi connectivity index (χ2n) is 5.10. The zero-order valence-electron chi connectivity index (χ0n) is 12.9. The molecule has 2 aromatic carbocycles. The van der Waals surface area contributed by atoms with Crippen LogP contribution in [0.2, 0.25) is 0 Å². The summed E-state index contributed by atoms with van der Waals surface area (Å²) >= 11 is 0. The van der Waals surface area contributed by atoms with E-state index in [0.29, 0.717) is 11.6 Å². The van der Waals surface area contributed by atoms with E-state index in [1.54, 1.807) is 13.0 Å². The summed E-state index contributed by atoms with van der Waals surface area (Å²) in [6.45, 7) is 3.05. The molecule has 1 N–H and O–H groups in total. The minimum absolute atomic E-state index is 0.0761. The van der Waals surface area contributed by atoms with E-state index < -0.39 is 28.6 Å². The number of benzene rings is 2. The largest absolute Gasteiger partial charge is 0.474 e. The molecule has 0 heterocycles. The number of rotatable bonds is 5. The number of halogens is 2. The molecule has 0 saturated carbocycles. The number of nitro groups is 1. The van der Waals surface area contributed by atoms with Crippen molar-refractivity contribution in [2.24, 2.45) is 0 Å². The van der Waals surface area contributed by atoms with Gasteiger partial charge in [-0.2, -0.15) is 0 Å². The Bertz CT molecular complexity index is 796. The average molecular weight is 336 g/mol. The van der Waals surface area contributed by atoms with Crippen molar-refractivity contribution in [2.75, 3.05) is 5.32 Å². The first-order valence-corrected chi connectivity index (χ1v) is 6.95. The van der Waals surface area contributed by atoms with Crippen molar-refractivity contribution in [3.8, 4) is 5.75 Å². The lowest BCUT2D eigenvalue weighted by atomic mass is 10.2. The van der Waals surface area contributed by atoms with E-state index in [1.165, 1.54) is 19.1 Å². The fourth-order valence-corrected chi connectivity index (χ4v) is 1.94. The second-order valence-corrected chi connectivity index (χ2v) is 5.10. The predicted octanol–water partition coefficient (Wildman–Crippen LogP) is 3.59. The monoisotopic (exact) mass is 336 g/mol. The van der Waals surface area contributed by atoms with E-state index in [9.17, 15) is 23.7 Å². The zero-order valence-corrected chi connectivity index (χ0v) is 12.9. The van der Waals surface area contributed by atoms with Crippen LogP contribution in [-0.4, -0.2) is 16.9 Å². The predicted molar refractivity (Wildman–Crippen MR) is 82.9 cm³/mol. The molecule has 126 valence electrons. The molecular formula is C16H14F2N2O4. The molecular weight excluding hydrogens is 322 g/mol. The molecule has 0 bridgehead atoms. The number of amides is 1. The van der Waals surface area contributed by atoms with Crippen LogP contribution in [0.15, 0.2) is 36.4 Å². The third kappa shape index (κ3) is 4.03. The molecule has 0 spiro atoms. The van der Waals surface area contributed by atoms with Crippen LogP contribution in [0, 0.1) is 28.7 Å². The number of ether oxygens (including phenoxy) is 1. The number of nitro benzene ring substituents is 1. The maximum atomic E-state index is 13.5. The van der Waals surface area contributed by atoms with Crippen molar-refractivity contribution < 1.29 is 23.2 Å². The van der Waals surface area contributed by atoms with Gasteiger partial charge in [-0.25, -0.2) is 8.78 Å². The van der Waals surface area contributed by atoms with E-state index >= 15 is 0 Å². The summed E-state index contributed by atoms with van der Waals surface area (Å²) in [6.07, 6.45) is -1.13. The molecule has 8 heteroatoms. The van der Waals surface area contributed by atoms with Gasteiger partial charge in [0.25, 0.3) is 5.91 Å². The van der Waals surface area contributed by atoms with Gasteiger partial charge in [0.2, 0.25) is 0 Å². The topological polar surface area (TPSA) is 81.5 Å². The van der Waals surface area contributed by atoms with Crippen molar-refractivity contribution in [1.29, 1.82) is 0 Å². The van der Waals surface area contributed by atoms with E-state index in [0.717, 1.165) is 12.1 Å². The van der Waals surface area contributed by atoms with E-state index in [1.807, 2.05) is 0 Å². The normalized spacial score (nSPS) is 11.7. The maximum absolute atomic E-state index is 13.5. The van der Waals surface area contributed by atoms with Crippen molar-refractivity contribution in [3.63, 3.8) is 0 Å². The first kappa shape index (κ1) is 17.3. The highest BCUT2D eigenvalue weighted by molar-refractivity contribution is 5.94. The molecule has 0 aliphatic heterocycles. The minimum Gasteiger partial charge on any atom is -0.474 e. The van der Waals surface area contributed by atoms with Gasteiger partial charge in [0.05, 0.1) is 10.6 Å². The molecule has 2 aromatic rings. The van der Waals surface area contributed by atoms with Crippen LogP contribution < -0.4 is 10.1 Å². The molecule has 6 nitrogen and oxygen atoms in total. The quantitative estimate of drug-likeness (QED) is 0.668. The third-order valence-electron chi connectivity index (χ3n) is 3.17. The molecule has 1 amide bonds. The summed E-state index contributed by atoms with van der Waals surface area (Å²) < 4.78 is 31.7. The first-order valence-electron chi connectivity index (χ1n) is 6.95. The van der Waals surface area contributed by atoms with Crippen molar-refractivity contribution in [2.45, 2.75) is 20.0 Å². The maximum Gasteiger partial charge on any atom is 0.311 e. The molecule has 1 atom stereocenters. The molecule has 24 heavy (non-hydrogen) atoms. The van der Waals surface area contributed by atoms with E-state index in [2.05, 4.69) is 5.32 Å². The second kappa shape index (κ2) is 7.03. The van der Waals surface area contributed by atoms with Gasteiger partial charge in [-0.1, -0.05) is 6.07 Å². The Morgan fingerprint density at radius 2 is 1.96 bits per heavy atom. The van der Waals surface area contributed by atoms with Crippen LogP contribution in [0.5, 0.6) is 5.75 Å². The van der Waals surface area contributed by atoms with Crippen LogP contribution in [0.1, 0.15) is 12.5 Å². The molecule has 0 fully saturated rings. The number of carbonyl (C=O) groups excluding carboxylic acids is 1.